The standard InChI is InChI=1S/C15H30N2O/c1-13-5-3-7-15(18,9-13)12-16-10-14-6-4-8-17(2)11-14/h13-14,16,18H,3-12H2,1-2H3. The predicted molar refractivity (Wildman–Crippen MR) is 75.7 cm³/mol. The normalized spacial score (nSPS) is 38.8. The molecule has 1 aliphatic heterocycles. The minimum Gasteiger partial charge on any atom is -0.389 e. The fraction of sp³-hybridized carbons (Fsp3) is 1.00. The molecular formula is C15H30N2O. The molecule has 2 rings (SSSR count). The van der Waals surface area contributed by atoms with Crippen LogP contribution in [-0.4, -0.2) is 48.8 Å². The highest BCUT2D eigenvalue weighted by Crippen LogP contribution is 2.31. The van der Waals surface area contributed by atoms with E-state index in [-0.39, 0.29) is 0 Å². The highest BCUT2D eigenvalue weighted by atomic mass is 16.3. The van der Waals surface area contributed by atoms with E-state index >= 15 is 0 Å². The van der Waals surface area contributed by atoms with Crippen LogP contribution in [0.15, 0.2) is 0 Å². The van der Waals surface area contributed by atoms with Crippen LogP contribution in [0.2, 0.25) is 0 Å². The third-order valence-corrected chi connectivity index (χ3v) is 4.68. The van der Waals surface area contributed by atoms with Crippen molar-refractivity contribution in [1.29, 1.82) is 0 Å². The van der Waals surface area contributed by atoms with E-state index in [1.54, 1.807) is 0 Å². The lowest BCUT2D eigenvalue weighted by molar-refractivity contribution is -0.0126. The van der Waals surface area contributed by atoms with E-state index in [1.165, 1.54) is 38.8 Å². The second kappa shape index (κ2) is 6.36. The van der Waals surface area contributed by atoms with E-state index in [0.717, 1.165) is 31.8 Å². The first-order chi connectivity index (χ1) is 8.57. The van der Waals surface area contributed by atoms with Crippen molar-refractivity contribution in [3.05, 3.63) is 0 Å². The largest absolute Gasteiger partial charge is 0.389 e. The highest BCUT2D eigenvalue weighted by Gasteiger charge is 2.32. The van der Waals surface area contributed by atoms with Crippen molar-refractivity contribution in [2.75, 3.05) is 33.2 Å². The van der Waals surface area contributed by atoms with Gasteiger partial charge in [0, 0.05) is 13.1 Å². The molecule has 3 unspecified atom stereocenters. The Morgan fingerprint density at radius 3 is 2.89 bits per heavy atom. The number of nitrogens with one attached hydrogen (secondary N) is 1. The zero-order valence-corrected chi connectivity index (χ0v) is 12.1. The molecule has 3 heteroatoms. The zero-order valence-electron chi connectivity index (χ0n) is 12.1. The summed E-state index contributed by atoms with van der Waals surface area (Å²) in [7, 11) is 2.21. The smallest absolute Gasteiger partial charge is 0.0774 e. The van der Waals surface area contributed by atoms with Gasteiger partial charge in [0.25, 0.3) is 0 Å². The molecule has 1 heterocycles. The second-order valence-electron chi connectivity index (χ2n) is 6.83. The first-order valence-electron chi connectivity index (χ1n) is 7.69. The van der Waals surface area contributed by atoms with Gasteiger partial charge >= 0.3 is 0 Å². The Morgan fingerprint density at radius 2 is 2.17 bits per heavy atom. The molecule has 1 saturated carbocycles. The van der Waals surface area contributed by atoms with Crippen molar-refractivity contribution < 1.29 is 5.11 Å². The van der Waals surface area contributed by atoms with Crippen LogP contribution in [0, 0.1) is 11.8 Å². The fourth-order valence-electron chi connectivity index (χ4n) is 3.74. The van der Waals surface area contributed by atoms with Crippen LogP contribution >= 0.6 is 0 Å². The molecule has 0 bridgehead atoms. The number of likely N-dealkylation sites (tertiary alicyclic amines) is 1. The van der Waals surface area contributed by atoms with Gasteiger partial charge in [-0.25, -0.2) is 0 Å². The maximum absolute atomic E-state index is 10.6. The first kappa shape index (κ1) is 14.3. The Bertz CT molecular complexity index is 259. The van der Waals surface area contributed by atoms with E-state index < -0.39 is 5.60 Å². The van der Waals surface area contributed by atoms with E-state index in [4.69, 9.17) is 0 Å². The molecule has 0 aromatic heterocycles. The summed E-state index contributed by atoms with van der Waals surface area (Å²) in [6.07, 6.45) is 7.09. The number of piperidine rings is 1. The topological polar surface area (TPSA) is 35.5 Å². The molecule has 2 N–H and O–H groups in total. The fourth-order valence-corrected chi connectivity index (χ4v) is 3.74. The SMILES string of the molecule is CC1CCCC(O)(CNCC2CCCN(C)C2)C1. The summed E-state index contributed by atoms with van der Waals surface area (Å²) >= 11 is 0. The monoisotopic (exact) mass is 254 g/mol. The number of hydrogen-bond donors (Lipinski definition) is 2. The lowest BCUT2D eigenvalue weighted by atomic mass is 9.79. The van der Waals surface area contributed by atoms with Crippen LogP contribution in [-0.2, 0) is 0 Å². The Labute approximate surface area is 112 Å². The van der Waals surface area contributed by atoms with Crippen molar-refractivity contribution in [3.8, 4) is 0 Å². The van der Waals surface area contributed by atoms with E-state index in [1.807, 2.05) is 0 Å². The van der Waals surface area contributed by atoms with Gasteiger partial charge in [0.2, 0.25) is 0 Å². The Balaban J connectivity index is 1.67. The molecule has 1 aliphatic carbocycles. The maximum atomic E-state index is 10.6. The number of aliphatic hydroxyl groups is 1. The molecule has 106 valence electrons. The molecule has 18 heavy (non-hydrogen) atoms. The molecule has 0 aromatic carbocycles. The van der Waals surface area contributed by atoms with Gasteiger partial charge in [0.15, 0.2) is 0 Å². The minimum atomic E-state index is -0.432. The lowest BCUT2D eigenvalue weighted by Gasteiger charge is -2.36. The van der Waals surface area contributed by atoms with Gasteiger partial charge in [-0.3, -0.25) is 0 Å². The maximum Gasteiger partial charge on any atom is 0.0774 e. The average molecular weight is 254 g/mol. The van der Waals surface area contributed by atoms with Gasteiger partial charge in [0.1, 0.15) is 0 Å². The summed E-state index contributed by atoms with van der Waals surface area (Å²) in [4.78, 5) is 2.42. The Hall–Kier alpha value is -0.120. The highest BCUT2D eigenvalue weighted by molar-refractivity contribution is 4.87. The third kappa shape index (κ3) is 4.22. The lowest BCUT2D eigenvalue weighted by Crippen LogP contribution is -2.46. The van der Waals surface area contributed by atoms with Crippen molar-refractivity contribution in [2.24, 2.45) is 11.8 Å². The van der Waals surface area contributed by atoms with Crippen LogP contribution < -0.4 is 5.32 Å². The summed E-state index contributed by atoms with van der Waals surface area (Å²) in [5.41, 5.74) is -0.432. The summed E-state index contributed by atoms with van der Waals surface area (Å²) < 4.78 is 0. The van der Waals surface area contributed by atoms with Crippen molar-refractivity contribution in [1.82, 2.24) is 10.2 Å². The van der Waals surface area contributed by atoms with E-state index in [2.05, 4.69) is 24.2 Å². The van der Waals surface area contributed by atoms with Crippen LogP contribution in [0.1, 0.15) is 45.4 Å². The molecule has 2 fully saturated rings. The van der Waals surface area contributed by atoms with Crippen LogP contribution in [0.3, 0.4) is 0 Å². The summed E-state index contributed by atoms with van der Waals surface area (Å²) in [6, 6.07) is 0. The van der Waals surface area contributed by atoms with Gasteiger partial charge in [0.05, 0.1) is 5.60 Å². The molecular weight excluding hydrogens is 224 g/mol. The number of rotatable bonds is 4. The molecule has 0 amide bonds. The molecule has 1 saturated heterocycles. The number of nitrogens with zero attached hydrogens (tertiary/aromatic N) is 1. The summed E-state index contributed by atoms with van der Waals surface area (Å²) in [5, 5.41) is 14.1. The van der Waals surface area contributed by atoms with Crippen LogP contribution in [0.5, 0.6) is 0 Å². The molecule has 3 nitrogen and oxygen atoms in total. The first-order valence-corrected chi connectivity index (χ1v) is 7.69. The van der Waals surface area contributed by atoms with Crippen molar-refractivity contribution >= 4 is 0 Å². The van der Waals surface area contributed by atoms with Gasteiger partial charge < -0.3 is 15.3 Å². The van der Waals surface area contributed by atoms with Gasteiger partial charge in [-0.2, -0.15) is 0 Å². The molecule has 3 atom stereocenters. The zero-order chi connectivity index (χ0) is 13.0. The Morgan fingerprint density at radius 1 is 1.33 bits per heavy atom. The quantitative estimate of drug-likeness (QED) is 0.804. The Kier molecular flexibility index (Phi) is 5.05. The number of hydrogen-bond acceptors (Lipinski definition) is 3. The molecule has 0 spiro atoms. The second-order valence-corrected chi connectivity index (χ2v) is 6.83. The third-order valence-electron chi connectivity index (χ3n) is 4.68. The van der Waals surface area contributed by atoms with Gasteiger partial charge in [-0.05, 0) is 57.7 Å². The van der Waals surface area contributed by atoms with Gasteiger partial charge in [-0.15, -0.1) is 0 Å². The van der Waals surface area contributed by atoms with Gasteiger partial charge in [-0.1, -0.05) is 19.8 Å². The average Bonchev–Trinajstić information content (AvgIpc) is 2.28. The molecule has 0 aromatic rings. The molecule has 0 radical (unpaired) electrons. The van der Waals surface area contributed by atoms with Crippen molar-refractivity contribution in [2.45, 2.75) is 51.0 Å². The van der Waals surface area contributed by atoms with E-state index in [0.29, 0.717) is 5.92 Å². The molecule has 2 aliphatic rings. The van der Waals surface area contributed by atoms with Crippen LogP contribution in [0.25, 0.3) is 0 Å². The van der Waals surface area contributed by atoms with Crippen molar-refractivity contribution in [3.63, 3.8) is 0 Å². The predicted octanol–water partition coefficient (Wildman–Crippen LogP) is 1.86. The van der Waals surface area contributed by atoms with E-state index in [9.17, 15) is 5.11 Å². The van der Waals surface area contributed by atoms with Crippen LogP contribution in [0.4, 0.5) is 0 Å². The minimum absolute atomic E-state index is 0.432. The summed E-state index contributed by atoms with van der Waals surface area (Å²) in [5.74, 6) is 1.46. The summed E-state index contributed by atoms with van der Waals surface area (Å²) in [6.45, 7) is 6.58.